The summed E-state index contributed by atoms with van der Waals surface area (Å²) in [5.41, 5.74) is 4.06. The van der Waals surface area contributed by atoms with Gasteiger partial charge >= 0.3 is 0 Å². The van der Waals surface area contributed by atoms with Gasteiger partial charge < -0.3 is 5.11 Å². The largest absolute Gasteiger partial charge is 0.508 e. The van der Waals surface area contributed by atoms with Crippen molar-refractivity contribution in [3.63, 3.8) is 0 Å². The summed E-state index contributed by atoms with van der Waals surface area (Å²) in [5, 5.41) is 9.57. The van der Waals surface area contributed by atoms with E-state index in [4.69, 9.17) is 0 Å². The Labute approximate surface area is 114 Å². The highest BCUT2D eigenvalue weighted by Crippen LogP contribution is 2.21. The number of rotatable bonds is 2. The number of hydrogen-bond acceptors (Lipinski definition) is 2. The molecule has 1 N–H and O–H groups in total. The summed E-state index contributed by atoms with van der Waals surface area (Å²) in [4.78, 5) is 2.49. The second kappa shape index (κ2) is 5.45. The van der Waals surface area contributed by atoms with Crippen LogP contribution < -0.4 is 0 Å². The van der Waals surface area contributed by atoms with Crippen LogP contribution in [0.4, 0.5) is 0 Å². The number of phenols is 1. The van der Waals surface area contributed by atoms with Crippen molar-refractivity contribution in [1.29, 1.82) is 0 Å². The molecule has 2 heteroatoms. The molecule has 0 fully saturated rings. The molecule has 1 aliphatic heterocycles. The zero-order chi connectivity index (χ0) is 13.1. The maximum Gasteiger partial charge on any atom is 0.115 e. The van der Waals surface area contributed by atoms with Crippen LogP contribution in [0.15, 0.2) is 48.5 Å². The first-order valence-electron chi connectivity index (χ1n) is 6.88. The molecule has 1 aliphatic rings. The highest BCUT2D eigenvalue weighted by atomic mass is 16.3. The fourth-order valence-corrected chi connectivity index (χ4v) is 2.76. The van der Waals surface area contributed by atoms with Gasteiger partial charge in [-0.05, 0) is 41.7 Å². The first-order valence-corrected chi connectivity index (χ1v) is 6.88. The maximum absolute atomic E-state index is 9.57. The van der Waals surface area contributed by atoms with Crippen molar-refractivity contribution in [1.82, 2.24) is 4.90 Å². The molecule has 0 bridgehead atoms. The number of benzene rings is 2. The van der Waals surface area contributed by atoms with Gasteiger partial charge in [-0.3, -0.25) is 4.90 Å². The molecule has 0 unspecified atom stereocenters. The fraction of sp³-hybridized carbons (Fsp3) is 0.294. The Morgan fingerprint density at radius 1 is 0.895 bits per heavy atom. The Morgan fingerprint density at radius 3 is 2.42 bits per heavy atom. The van der Waals surface area contributed by atoms with E-state index in [9.17, 15) is 5.11 Å². The zero-order valence-corrected chi connectivity index (χ0v) is 11.0. The first kappa shape index (κ1) is 12.2. The quantitative estimate of drug-likeness (QED) is 0.889. The molecule has 0 amide bonds. The molecule has 0 radical (unpaired) electrons. The summed E-state index contributed by atoms with van der Waals surface area (Å²) in [5.74, 6) is 0.384. The topological polar surface area (TPSA) is 23.5 Å². The molecule has 1 heterocycles. The van der Waals surface area contributed by atoms with Crippen molar-refractivity contribution < 1.29 is 5.11 Å². The Kier molecular flexibility index (Phi) is 3.51. The van der Waals surface area contributed by atoms with Crippen molar-refractivity contribution in [2.75, 3.05) is 13.1 Å². The summed E-state index contributed by atoms with van der Waals surface area (Å²) < 4.78 is 0. The second-order valence-electron chi connectivity index (χ2n) is 5.21. The number of nitrogens with zero attached hydrogens (tertiary/aromatic N) is 1. The van der Waals surface area contributed by atoms with E-state index in [1.54, 1.807) is 6.07 Å². The fourth-order valence-electron chi connectivity index (χ4n) is 2.76. The molecule has 2 nitrogen and oxygen atoms in total. The summed E-state index contributed by atoms with van der Waals surface area (Å²) in [6.45, 7) is 3.17. The van der Waals surface area contributed by atoms with Gasteiger partial charge in [0.25, 0.3) is 0 Å². The average molecular weight is 253 g/mol. The second-order valence-corrected chi connectivity index (χ2v) is 5.21. The number of hydrogen-bond donors (Lipinski definition) is 1. The Bertz CT molecular complexity index is 550. The molecule has 2 aromatic carbocycles. The molecule has 2 aromatic rings. The minimum absolute atomic E-state index is 0.384. The van der Waals surface area contributed by atoms with Crippen molar-refractivity contribution >= 4 is 0 Å². The van der Waals surface area contributed by atoms with E-state index in [0.29, 0.717) is 5.75 Å². The molecule has 3 rings (SSSR count). The van der Waals surface area contributed by atoms with Crippen LogP contribution in [0.3, 0.4) is 0 Å². The minimum atomic E-state index is 0.384. The lowest BCUT2D eigenvalue weighted by atomic mass is 10.0. The summed E-state index contributed by atoms with van der Waals surface area (Å²) in [7, 11) is 0. The van der Waals surface area contributed by atoms with E-state index < -0.39 is 0 Å². The molecule has 0 saturated heterocycles. The van der Waals surface area contributed by atoms with Gasteiger partial charge in [-0.15, -0.1) is 0 Å². The number of phenolic OH excluding ortho intramolecular Hbond substituents is 1. The van der Waals surface area contributed by atoms with Crippen molar-refractivity contribution in [3.05, 3.63) is 65.2 Å². The molecular weight excluding hydrogens is 234 g/mol. The van der Waals surface area contributed by atoms with E-state index in [0.717, 1.165) is 32.5 Å². The van der Waals surface area contributed by atoms with Crippen molar-refractivity contribution in [2.45, 2.75) is 19.4 Å². The molecule has 0 aliphatic carbocycles. The predicted octanol–water partition coefficient (Wildman–Crippen LogP) is 2.99. The SMILES string of the molecule is Oc1ccc2c(c1)CCN(Cc1ccccc1)CC2. The molecule has 0 saturated carbocycles. The number of aromatic hydroxyl groups is 1. The molecule has 0 spiro atoms. The van der Waals surface area contributed by atoms with Gasteiger partial charge in [-0.1, -0.05) is 36.4 Å². The molecule has 98 valence electrons. The number of fused-ring (bicyclic) bond motifs is 1. The molecular formula is C17H19NO. The zero-order valence-electron chi connectivity index (χ0n) is 11.0. The summed E-state index contributed by atoms with van der Waals surface area (Å²) in [6, 6.07) is 16.4. The van der Waals surface area contributed by atoms with E-state index in [1.807, 2.05) is 6.07 Å². The van der Waals surface area contributed by atoms with Crippen LogP contribution in [0, 0.1) is 0 Å². The highest BCUT2D eigenvalue weighted by molar-refractivity contribution is 5.36. The van der Waals surface area contributed by atoms with E-state index in [-0.39, 0.29) is 0 Å². The van der Waals surface area contributed by atoms with Gasteiger partial charge in [0.05, 0.1) is 0 Å². The van der Waals surface area contributed by atoms with Crippen LogP contribution in [0.25, 0.3) is 0 Å². The van der Waals surface area contributed by atoms with Crippen molar-refractivity contribution in [2.24, 2.45) is 0 Å². The van der Waals surface area contributed by atoms with E-state index in [2.05, 4.69) is 41.3 Å². The normalized spacial score (nSPS) is 15.8. The molecule has 19 heavy (non-hydrogen) atoms. The van der Waals surface area contributed by atoms with Crippen LogP contribution in [-0.2, 0) is 19.4 Å². The van der Waals surface area contributed by atoms with Crippen LogP contribution in [0.2, 0.25) is 0 Å². The molecule has 0 atom stereocenters. The van der Waals surface area contributed by atoms with Gasteiger partial charge in [0.1, 0.15) is 5.75 Å². The molecule has 0 aromatic heterocycles. The lowest BCUT2D eigenvalue weighted by Crippen LogP contribution is -2.25. The van der Waals surface area contributed by atoms with Crippen LogP contribution in [0.1, 0.15) is 16.7 Å². The third kappa shape index (κ3) is 2.96. The van der Waals surface area contributed by atoms with E-state index in [1.165, 1.54) is 16.7 Å². The third-order valence-corrected chi connectivity index (χ3v) is 3.83. The van der Waals surface area contributed by atoms with Gasteiger partial charge in [-0.25, -0.2) is 0 Å². The lowest BCUT2D eigenvalue weighted by molar-refractivity contribution is 0.279. The van der Waals surface area contributed by atoms with Crippen molar-refractivity contribution in [3.8, 4) is 5.75 Å². The van der Waals surface area contributed by atoms with E-state index >= 15 is 0 Å². The first-order chi connectivity index (χ1) is 9.31. The van der Waals surface area contributed by atoms with Gasteiger partial charge in [0.2, 0.25) is 0 Å². The van der Waals surface area contributed by atoms with Crippen LogP contribution in [-0.4, -0.2) is 23.1 Å². The third-order valence-electron chi connectivity index (χ3n) is 3.83. The highest BCUT2D eigenvalue weighted by Gasteiger charge is 2.14. The summed E-state index contributed by atoms with van der Waals surface area (Å²) >= 11 is 0. The maximum atomic E-state index is 9.57. The Balaban J connectivity index is 1.70. The monoisotopic (exact) mass is 253 g/mol. The standard InChI is InChI=1S/C17H19NO/c19-17-7-6-15-8-10-18(11-9-16(15)12-17)13-14-4-2-1-3-5-14/h1-7,12,19H,8-11,13H2. The van der Waals surface area contributed by atoms with Gasteiger partial charge in [0.15, 0.2) is 0 Å². The Morgan fingerprint density at radius 2 is 1.63 bits per heavy atom. The van der Waals surface area contributed by atoms with Crippen LogP contribution >= 0.6 is 0 Å². The minimum Gasteiger partial charge on any atom is -0.508 e. The lowest BCUT2D eigenvalue weighted by Gasteiger charge is -2.19. The average Bonchev–Trinajstić information content (AvgIpc) is 2.63. The van der Waals surface area contributed by atoms with Gasteiger partial charge in [-0.2, -0.15) is 0 Å². The Hall–Kier alpha value is -1.80. The smallest absolute Gasteiger partial charge is 0.115 e. The van der Waals surface area contributed by atoms with Gasteiger partial charge in [0, 0.05) is 19.6 Å². The summed E-state index contributed by atoms with van der Waals surface area (Å²) in [6.07, 6.45) is 2.10. The predicted molar refractivity (Wildman–Crippen MR) is 77.2 cm³/mol. The van der Waals surface area contributed by atoms with Crippen LogP contribution in [0.5, 0.6) is 5.75 Å².